The second-order valence-corrected chi connectivity index (χ2v) is 10.1. The van der Waals surface area contributed by atoms with Crippen molar-refractivity contribution in [2.75, 3.05) is 19.8 Å². The number of rotatable bonds is 10. The summed E-state index contributed by atoms with van der Waals surface area (Å²) >= 11 is 0. The van der Waals surface area contributed by atoms with Crippen molar-refractivity contribution in [1.29, 1.82) is 0 Å². The molecule has 0 saturated carbocycles. The van der Waals surface area contributed by atoms with Crippen LogP contribution in [-0.4, -0.2) is 163 Å². The van der Waals surface area contributed by atoms with Crippen LogP contribution in [0.25, 0.3) is 0 Å². The molecule has 3 saturated heterocycles. The predicted molar refractivity (Wildman–Crippen MR) is 130 cm³/mol. The molecule has 41 heavy (non-hydrogen) atoms. The van der Waals surface area contributed by atoms with E-state index in [0.29, 0.717) is 5.56 Å². The molecule has 0 spiro atoms. The quantitative estimate of drug-likeness (QED) is 0.121. The highest BCUT2D eigenvalue weighted by Gasteiger charge is 2.54. The first-order chi connectivity index (χ1) is 19.6. The second kappa shape index (κ2) is 14.4. The van der Waals surface area contributed by atoms with Crippen molar-refractivity contribution >= 4 is 0 Å². The summed E-state index contributed by atoms with van der Waals surface area (Å²) in [5, 5.41) is 102. The zero-order valence-electron chi connectivity index (χ0n) is 21.8. The highest BCUT2D eigenvalue weighted by atomic mass is 16.8. The Balaban J connectivity index is 1.64. The van der Waals surface area contributed by atoms with Crippen molar-refractivity contribution in [3.63, 3.8) is 0 Å². The number of aliphatic hydroxyl groups excluding tert-OH is 10. The lowest BCUT2D eigenvalue weighted by Gasteiger charge is -2.49. The Hall–Kier alpha value is -1.42. The van der Waals surface area contributed by atoms with Gasteiger partial charge in [-0.3, -0.25) is 0 Å². The third-order valence-corrected chi connectivity index (χ3v) is 7.33. The summed E-state index contributed by atoms with van der Waals surface area (Å²) in [5.74, 6) is 0. The highest BCUT2D eigenvalue weighted by molar-refractivity contribution is 5.13. The molecule has 1 aromatic carbocycles. The van der Waals surface area contributed by atoms with Gasteiger partial charge in [0, 0.05) is 0 Å². The van der Waals surface area contributed by atoms with Gasteiger partial charge < -0.3 is 79.5 Å². The molecule has 1 aromatic rings. The van der Waals surface area contributed by atoms with Crippen molar-refractivity contribution in [2.24, 2.45) is 0 Å². The molecule has 0 aliphatic carbocycles. The molecular weight excluding hydrogens is 556 g/mol. The van der Waals surface area contributed by atoms with Crippen molar-refractivity contribution in [3.05, 3.63) is 35.9 Å². The topological polar surface area (TPSA) is 258 Å². The van der Waals surface area contributed by atoms with Crippen LogP contribution >= 0.6 is 0 Å². The Morgan fingerprint density at radius 1 is 0.512 bits per heavy atom. The largest absolute Gasteiger partial charge is 0.394 e. The summed E-state index contributed by atoms with van der Waals surface area (Å²) in [6.07, 6.45) is -24.6. The van der Waals surface area contributed by atoms with Crippen LogP contribution in [0.15, 0.2) is 30.3 Å². The summed E-state index contributed by atoms with van der Waals surface area (Å²) in [4.78, 5) is 0. The van der Waals surface area contributed by atoms with Gasteiger partial charge in [-0.2, -0.15) is 0 Å². The minimum atomic E-state index is -1.87. The Bertz CT molecular complexity index is 922. The number of hydrogen-bond donors (Lipinski definition) is 10. The number of aliphatic hydroxyl groups is 10. The van der Waals surface area contributed by atoms with Crippen molar-refractivity contribution in [1.82, 2.24) is 0 Å². The fraction of sp³-hybridized carbons (Fsp3) is 0.760. The van der Waals surface area contributed by atoms with Gasteiger partial charge in [-0.05, 0) is 5.56 Å². The third kappa shape index (κ3) is 7.05. The molecule has 3 heterocycles. The summed E-state index contributed by atoms with van der Waals surface area (Å²) in [7, 11) is 0. The van der Waals surface area contributed by atoms with E-state index in [-0.39, 0.29) is 6.61 Å². The lowest BCUT2D eigenvalue weighted by atomic mass is 9.96. The average molecular weight is 595 g/mol. The molecule has 234 valence electrons. The molecule has 0 unspecified atom stereocenters. The van der Waals surface area contributed by atoms with Crippen LogP contribution in [0.5, 0.6) is 0 Å². The van der Waals surface area contributed by atoms with Crippen molar-refractivity contribution < 1.29 is 79.5 Å². The Morgan fingerprint density at radius 2 is 0.951 bits per heavy atom. The summed E-state index contributed by atoms with van der Waals surface area (Å²) in [5.41, 5.74) is 0.695. The molecule has 16 nitrogen and oxygen atoms in total. The normalized spacial score (nSPS) is 45.5. The molecule has 0 bridgehead atoms. The van der Waals surface area contributed by atoms with Gasteiger partial charge in [0.15, 0.2) is 18.9 Å². The zero-order chi connectivity index (χ0) is 29.8. The standard InChI is InChI=1S/C25H38O16/c26-6-11-14(29)17(32)19(34)23(37-11)40-21-16(31)13(8-28)39-25(36-9-10-4-2-1-3-5-10)22(21)41-24-20(35)18(33)15(30)12(7-27)38-24/h1-5,11-35H,6-9H2/t11-,12-,13-,14-,15-,16-,17+,18+,19-,20-,21+,22-,23+,24+,25-/m1/s1. The van der Waals surface area contributed by atoms with Gasteiger partial charge in [0.1, 0.15) is 73.2 Å². The van der Waals surface area contributed by atoms with Gasteiger partial charge in [0.2, 0.25) is 0 Å². The first-order valence-corrected chi connectivity index (χ1v) is 13.1. The van der Waals surface area contributed by atoms with Crippen molar-refractivity contribution in [2.45, 2.75) is 98.7 Å². The molecule has 10 N–H and O–H groups in total. The molecule has 3 aliphatic rings. The van der Waals surface area contributed by atoms with Gasteiger partial charge in [-0.15, -0.1) is 0 Å². The molecule has 0 aromatic heterocycles. The van der Waals surface area contributed by atoms with Crippen LogP contribution in [0.3, 0.4) is 0 Å². The first kappa shape index (κ1) is 32.5. The summed E-state index contributed by atoms with van der Waals surface area (Å²) in [6.45, 7) is -2.30. The fourth-order valence-electron chi connectivity index (χ4n) is 4.90. The second-order valence-electron chi connectivity index (χ2n) is 10.1. The molecule has 15 atom stereocenters. The van der Waals surface area contributed by atoms with Crippen LogP contribution < -0.4 is 0 Å². The maximum Gasteiger partial charge on any atom is 0.187 e. The van der Waals surface area contributed by atoms with Crippen LogP contribution in [-0.2, 0) is 35.0 Å². The minimum Gasteiger partial charge on any atom is -0.394 e. The Labute approximate surface area is 234 Å². The lowest BCUT2D eigenvalue weighted by Crippen LogP contribution is -2.67. The van der Waals surface area contributed by atoms with E-state index >= 15 is 0 Å². The van der Waals surface area contributed by atoms with Crippen LogP contribution in [0.2, 0.25) is 0 Å². The molecule has 0 amide bonds. The molecule has 16 heteroatoms. The monoisotopic (exact) mass is 594 g/mol. The maximum atomic E-state index is 11.1. The SMILES string of the molecule is OC[C@H]1O[C@@H](O[C@H]2[C@H](OCc3ccccc3)O[C@H](CO)[C@@H](O)[C@@H]2O[C@@H]2O[C@H](CO)[C@@H](O)[C@H](O)[C@H]2O)[C@H](O)[C@@H](O)[C@@H]1O. The first-order valence-electron chi connectivity index (χ1n) is 13.1. The van der Waals surface area contributed by atoms with Gasteiger partial charge in [0.05, 0.1) is 26.4 Å². The van der Waals surface area contributed by atoms with Gasteiger partial charge in [-0.25, -0.2) is 0 Å². The smallest absolute Gasteiger partial charge is 0.187 e. The van der Waals surface area contributed by atoms with E-state index in [1.165, 1.54) is 0 Å². The number of hydrogen-bond acceptors (Lipinski definition) is 16. The molecule has 3 aliphatic heterocycles. The predicted octanol–water partition coefficient (Wildman–Crippen LogP) is -5.35. The van der Waals surface area contributed by atoms with Crippen LogP contribution in [0.4, 0.5) is 0 Å². The molecule has 4 rings (SSSR count). The van der Waals surface area contributed by atoms with Gasteiger partial charge in [-0.1, -0.05) is 30.3 Å². The molecule has 0 radical (unpaired) electrons. The molecule has 3 fully saturated rings. The summed E-state index contributed by atoms with van der Waals surface area (Å²) < 4.78 is 34.2. The van der Waals surface area contributed by atoms with Gasteiger partial charge >= 0.3 is 0 Å². The lowest BCUT2D eigenvalue weighted by molar-refractivity contribution is -0.393. The van der Waals surface area contributed by atoms with Crippen molar-refractivity contribution in [3.8, 4) is 0 Å². The number of benzene rings is 1. The fourth-order valence-corrected chi connectivity index (χ4v) is 4.90. The highest BCUT2D eigenvalue weighted by Crippen LogP contribution is 2.34. The van der Waals surface area contributed by atoms with Gasteiger partial charge in [0.25, 0.3) is 0 Å². The van der Waals surface area contributed by atoms with E-state index in [2.05, 4.69) is 0 Å². The van der Waals surface area contributed by atoms with E-state index in [9.17, 15) is 51.1 Å². The summed E-state index contributed by atoms with van der Waals surface area (Å²) in [6, 6.07) is 8.79. The van der Waals surface area contributed by atoms with E-state index in [1.54, 1.807) is 30.3 Å². The van der Waals surface area contributed by atoms with E-state index in [0.717, 1.165) is 0 Å². The van der Waals surface area contributed by atoms with E-state index in [1.807, 2.05) is 0 Å². The minimum absolute atomic E-state index is 0.0684. The van der Waals surface area contributed by atoms with E-state index < -0.39 is 112 Å². The zero-order valence-corrected chi connectivity index (χ0v) is 21.8. The average Bonchev–Trinajstić information content (AvgIpc) is 2.99. The maximum absolute atomic E-state index is 11.1. The van der Waals surface area contributed by atoms with Crippen LogP contribution in [0.1, 0.15) is 5.56 Å². The third-order valence-electron chi connectivity index (χ3n) is 7.33. The van der Waals surface area contributed by atoms with E-state index in [4.69, 9.17) is 28.4 Å². The van der Waals surface area contributed by atoms with Crippen LogP contribution in [0, 0.1) is 0 Å². The Kier molecular flexibility index (Phi) is 11.4. The Morgan fingerprint density at radius 3 is 1.44 bits per heavy atom. The number of ether oxygens (including phenoxy) is 6. The molecular formula is C25H38O16.